The molecule has 6 nitrogen and oxygen atoms in total. The van der Waals surface area contributed by atoms with E-state index in [0.717, 1.165) is 30.5 Å². The van der Waals surface area contributed by atoms with Crippen LogP contribution < -0.4 is 10.6 Å². The van der Waals surface area contributed by atoms with Gasteiger partial charge in [0.1, 0.15) is 9.88 Å². The summed E-state index contributed by atoms with van der Waals surface area (Å²) in [6.07, 6.45) is 0.994. The maximum absolute atomic E-state index is 11.9. The van der Waals surface area contributed by atoms with Gasteiger partial charge in [-0.2, -0.15) is 0 Å². The first-order chi connectivity index (χ1) is 10.5. The number of carbonyl (C=O) groups excluding carboxylic acids is 1. The average molecular weight is 326 g/mol. The van der Waals surface area contributed by atoms with E-state index in [1.807, 2.05) is 20.8 Å². The first-order valence-corrected chi connectivity index (χ1v) is 8.54. The lowest BCUT2D eigenvalue weighted by atomic mass is 10.3. The van der Waals surface area contributed by atoms with E-state index in [1.165, 1.54) is 11.3 Å². The maximum Gasteiger partial charge on any atom is 0.350 e. The van der Waals surface area contributed by atoms with Crippen molar-refractivity contribution in [2.24, 2.45) is 4.99 Å². The average Bonchev–Trinajstić information content (AvgIpc) is 2.87. The number of aliphatic imine (C=N–C) groups is 1. The monoisotopic (exact) mass is 326 g/mol. The van der Waals surface area contributed by atoms with E-state index < -0.39 is 0 Å². The molecule has 1 unspecified atom stereocenters. The Labute approximate surface area is 136 Å². The zero-order valence-electron chi connectivity index (χ0n) is 14.0. The molecule has 0 saturated carbocycles. The Morgan fingerprint density at radius 3 is 2.73 bits per heavy atom. The zero-order chi connectivity index (χ0) is 16.5. The number of thiazole rings is 1. The first-order valence-electron chi connectivity index (χ1n) is 7.72. The molecule has 1 rings (SSSR count). The van der Waals surface area contributed by atoms with Crippen LogP contribution in [0.4, 0.5) is 0 Å². The van der Waals surface area contributed by atoms with Crippen molar-refractivity contribution in [3.63, 3.8) is 0 Å². The van der Waals surface area contributed by atoms with Crippen molar-refractivity contribution in [2.75, 3.05) is 19.7 Å². The van der Waals surface area contributed by atoms with Crippen LogP contribution in [0.1, 0.15) is 60.5 Å². The molecule has 1 aromatic heterocycles. The number of guanidine groups is 1. The van der Waals surface area contributed by atoms with E-state index in [4.69, 9.17) is 4.74 Å². The summed E-state index contributed by atoms with van der Waals surface area (Å²) in [5.41, 5.74) is 0.711. The minimum atomic E-state index is -0.303. The predicted molar refractivity (Wildman–Crippen MR) is 90.6 cm³/mol. The Bertz CT molecular complexity index is 514. The van der Waals surface area contributed by atoms with E-state index in [2.05, 4.69) is 27.5 Å². The van der Waals surface area contributed by atoms with Crippen LogP contribution in [0.2, 0.25) is 0 Å². The molecule has 1 atom stereocenters. The Kier molecular flexibility index (Phi) is 7.87. The molecule has 22 heavy (non-hydrogen) atoms. The molecule has 0 bridgehead atoms. The highest BCUT2D eigenvalue weighted by Crippen LogP contribution is 2.24. The largest absolute Gasteiger partial charge is 0.462 e. The van der Waals surface area contributed by atoms with Crippen LogP contribution in [0.25, 0.3) is 0 Å². The van der Waals surface area contributed by atoms with Gasteiger partial charge in [-0.1, -0.05) is 6.92 Å². The van der Waals surface area contributed by atoms with Gasteiger partial charge in [-0.25, -0.2) is 9.78 Å². The number of aromatic nitrogens is 1. The highest BCUT2D eigenvalue weighted by atomic mass is 32.1. The molecule has 2 N–H and O–H groups in total. The lowest BCUT2D eigenvalue weighted by Gasteiger charge is -2.15. The Hall–Kier alpha value is -1.63. The second kappa shape index (κ2) is 9.40. The van der Waals surface area contributed by atoms with E-state index in [9.17, 15) is 4.79 Å². The number of esters is 1. The SMILES string of the molecule is CCCN=C(NCC)NC(C)c1nc(C)c(C(=O)OCC)s1. The highest BCUT2D eigenvalue weighted by molar-refractivity contribution is 7.13. The number of nitrogens with zero attached hydrogens (tertiary/aromatic N) is 2. The number of nitrogens with one attached hydrogen (secondary N) is 2. The van der Waals surface area contributed by atoms with Crippen LogP contribution in [0, 0.1) is 6.92 Å². The van der Waals surface area contributed by atoms with Gasteiger partial charge in [0, 0.05) is 13.1 Å². The molecule has 0 aliphatic rings. The van der Waals surface area contributed by atoms with Crippen molar-refractivity contribution in [1.82, 2.24) is 15.6 Å². The fraction of sp³-hybridized carbons (Fsp3) is 0.667. The third-order valence-electron chi connectivity index (χ3n) is 2.84. The number of ether oxygens (including phenoxy) is 1. The van der Waals surface area contributed by atoms with Crippen LogP contribution in [0.3, 0.4) is 0 Å². The molecule has 7 heteroatoms. The molecule has 0 spiro atoms. The van der Waals surface area contributed by atoms with Crippen LogP contribution in [0.15, 0.2) is 4.99 Å². The van der Waals surface area contributed by atoms with Gasteiger partial charge in [0.05, 0.1) is 18.3 Å². The summed E-state index contributed by atoms with van der Waals surface area (Å²) in [6, 6.07) is -0.0264. The molecule has 0 aliphatic carbocycles. The normalized spacial score (nSPS) is 12.9. The molecule has 124 valence electrons. The van der Waals surface area contributed by atoms with Gasteiger partial charge in [0.2, 0.25) is 0 Å². The van der Waals surface area contributed by atoms with Crippen LogP contribution >= 0.6 is 11.3 Å². The second-order valence-electron chi connectivity index (χ2n) is 4.81. The fourth-order valence-corrected chi connectivity index (χ4v) is 2.76. The first kappa shape index (κ1) is 18.4. The number of hydrogen-bond donors (Lipinski definition) is 2. The van der Waals surface area contributed by atoms with Crippen LogP contribution in [-0.4, -0.2) is 36.6 Å². The minimum Gasteiger partial charge on any atom is -0.462 e. The van der Waals surface area contributed by atoms with Crippen molar-refractivity contribution in [3.05, 3.63) is 15.6 Å². The summed E-state index contributed by atoms with van der Waals surface area (Å²) in [6.45, 7) is 11.7. The number of hydrogen-bond acceptors (Lipinski definition) is 5. The number of aryl methyl sites for hydroxylation is 1. The predicted octanol–water partition coefficient (Wildman–Crippen LogP) is 2.65. The minimum absolute atomic E-state index is 0.0264. The molecule has 0 aromatic carbocycles. The van der Waals surface area contributed by atoms with E-state index in [1.54, 1.807) is 6.92 Å². The molecule has 0 amide bonds. The third-order valence-corrected chi connectivity index (χ3v) is 4.16. The van der Waals surface area contributed by atoms with E-state index in [-0.39, 0.29) is 12.0 Å². The smallest absolute Gasteiger partial charge is 0.350 e. The molecule has 1 heterocycles. The summed E-state index contributed by atoms with van der Waals surface area (Å²) < 4.78 is 5.05. The lowest BCUT2D eigenvalue weighted by molar-refractivity contribution is 0.0531. The van der Waals surface area contributed by atoms with Gasteiger partial charge in [-0.15, -0.1) is 11.3 Å². The second-order valence-corrected chi connectivity index (χ2v) is 5.84. The van der Waals surface area contributed by atoms with Gasteiger partial charge < -0.3 is 15.4 Å². The highest BCUT2D eigenvalue weighted by Gasteiger charge is 2.19. The molecule has 0 aliphatic heterocycles. The summed E-state index contributed by atoms with van der Waals surface area (Å²) >= 11 is 1.37. The van der Waals surface area contributed by atoms with E-state index in [0.29, 0.717) is 17.2 Å². The summed E-state index contributed by atoms with van der Waals surface area (Å²) in [5, 5.41) is 7.37. The lowest BCUT2D eigenvalue weighted by Crippen LogP contribution is -2.38. The number of carbonyl (C=O) groups is 1. The molecule has 0 fully saturated rings. The maximum atomic E-state index is 11.9. The summed E-state index contributed by atoms with van der Waals surface area (Å²) in [5.74, 6) is 0.463. The summed E-state index contributed by atoms with van der Waals surface area (Å²) in [4.78, 5) is 21.4. The third kappa shape index (κ3) is 5.29. The van der Waals surface area contributed by atoms with E-state index >= 15 is 0 Å². The molecular weight excluding hydrogens is 300 g/mol. The van der Waals surface area contributed by atoms with Crippen LogP contribution in [-0.2, 0) is 4.74 Å². The van der Waals surface area contributed by atoms with Crippen molar-refractivity contribution < 1.29 is 9.53 Å². The Morgan fingerprint density at radius 2 is 2.14 bits per heavy atom. The van der Waals surface area contributed by atoms with Gasteiger partial charge >= 0.3 is 5.97 Å². The Morgan fingerprint density at radius 1 is 1.41 bits per heavy atom. The van der Waals surface area contributed by atoms with Gasteiger partial charge in [0.15, 0.2) is 5.96 Å². The van der Waals surface area contributed by atoms with Crippen molar-refractivity contribution in [2.45, 2.75) is 47.1 Å². The van der Waals surface area contributed by atoms with Gasteiger partial charge in [-0.05, 0) is 34.1 Å². The standard InChI is InChI=1S/C15H26N4O2S/c1-6-9-17-15(16-7-2)19-11(5)13-18-10(4)12(22-13)14(20)21-8-3/h11H,6-9H2,1-5H3,(H2,16,17,19). The van der Waals surface area contributed by atoms with Gasteiger partial charge in [-0.3, -0.25) is 4.99 Å². The molecule has 0 radical (unpaired) electrons. The van der Waals surface area contributed by atoms with Crippen molar-refractivity contribution in [3.8, 4) is 0 Å². The fourth-order valence-electron chi connectivity index (χ4n) is 1.80. The summed E-state index contributed by atoms with van der Waals surface area (Å²) in [7, 11) is 0. The van der Waals surface area contributed by atoms with Crippen LogP contribution in [0.5, 0.6) is 0 Å². The molecular formula is C15H26N4O2S. The molecule has 1 aromatic rings. The quantitative estimate of drug-likeness (QED) is 0.458. The number of rotatable bonds is 7. The van der Waals surface area contributed by atoms with Gasteiger partial charge in [0.25, 0.3) is 0 Å². The Balaban J connectivity index is 2.82. The molecule has 0 saturated heterocycles. The van der Waals surface area contributed by atoms with Crippen molar-refractivity contribution in [1.29, 1.82) is 0 Å². The topological polar surface area (TPSA) is 75.6 Å². The zero-order valence-corrected chi connectivity index (χ0v) is 14.8. The van der Waals surface area contributed by atoms with Crippen molar-refractivity contribution >= 4 is 23.3 Å².